The number of pyridine rings is 1. The molecule has 98 valence electrons. The van der Waals surface area contributed by atoms with Crippen LogP contribution in [0.2, 0.25) is 5.02 Å². The van der Waals surface area contributed by atoms with Crippen LogP contribution in [0.1, 0.15) is 15.9 Å². The second kappa shape index (κ2) is 5.95. The molecule has 2 rings (SSSR count). The van der Waals surface area contributed by atoms with E-state index in [0.29, 0.717) is 21.8 Å². The van der Waals surface area contributed by atoms with Crippen molar-refractivity contribution in [1.82, 2.24) is 4.98 Å². The highest BCUT2D eigenvalue weighted by atomic mass is 35.5. The number of halogens is 1. The zero-order chi connectivity index (χ0) is 13.8. The van der Waals surface area contributed by atoms with Gasteiger partial charge in [-0.25, -0.2) is 4.21 Å². The van der Waals surface area contributed by atoms with E-state index in [9.17, 15) is 9.00 Å². The number of benzene rings is 1. The minimum atomic E-state index is -1.26. The monoisotopic (exact) mass is 294 g/mol. The first kappa shape index (κ1) is 13.7. The zero-order valence-corrected chi connectivity index (χ0v) is 11.7. The highest BCUT2D eigenvalue weighted by molar-refractivity contribution is 7.85. The van der Waals surface area contributed by atoms with Crippen LogP contribution < -0.4 is 4.72 Å². The number of carbonyl (C=O) groups is 1. The van der Waals surface area contributed by atoms with E-state index < -0.39 is 11.0 Å². The number of aromatic nitrogens is 1. The van der Waals surface area contributed by atoms with E-state index in [4.69, 9.17) is 11.6 Å². The first-order valence-electron chi connectivity index (χ1n) is 5.42. The van der Waals surface area contributed by atoms with E-state index in [2.05, 4.69) is 9.71 Å². The lowest BCUT2D eigenvalue weighted by atomic mass is 10.0. The van der Waals surface area contributed by atoms with Crippen molar-refractivity contribution in [3.8, 4) is 0 Å². The number of nitrogens with zero attached hydrogens (tertiary/aromatic N) is 1. The van der Waals surface area contributed by atoms with Crippen LogP contribution >= 0.6 is 11.6 Å². The van der Waals surface area contributed by atoms with Gasteiger partial charge in [0.05, 0.1) is 5.69 Å². The van der Waals surface area contributed by atoms with Crippen LogP contribution in [-0.4, -0.2) is 21.2 Å². The summed E-state index contributed by atoms with van der Waals surface area (Å²) in [4.78, 5) is 16.2. The predicted octanol–water partition coefficient (Wildman–Crippen LogP) is 2.67. The van der Waals surface area contributed by atoms with Gasteiger partial charge >= 0.3 is 0 Å². The molecule has 1 unspecified atom stereocenters. The smallest absolute Gasteiger partial charge is 0.195 e. The largest absolute Gasteiger partial charge is 0.305 e. The second-order valence-corrected chi connectivity index (χ2v) is 5.36. The van der Waals surface area contributed by atoms with Crippen molar-refractivity contribution in [3.05, 3.63) is 58.9 Å². The fourth-order valence-corrected chi connectivity index (χ4v) is 2.27. The molecular weight excluding hydrogens is 284 g/mol. The number of ketones is 1. The fourth-order valence-electron chi connectivity index (χ4n) is 1.61. The van der Waals surface area contributed by atoms with Crippen molar-refractivity contribution in [2.75, 3.05) is 11.0 Å². The number of rotatable bonds is 4. The Morgan fingerprint density at radius 3 is 2.58 bits per heavy atom. The zero-order valence-electron chi connectivity index (χ0n) is 10.1. The molecule has 0 fully saturated rings. The van der Waals surface area contributed by atoms with E-state index >= 15 is 0 Å². The summed E-state index contributed by atoms with van der Waals surface area (Å²) in [6.07, 6.45) is 4.58. The van der Waals surface area contributed by atoms with Crippen molar-refractivity contribution in [1.29, 1.82) is 0 Å². The molecule has 1 N–H and O–H groups in total. The number of hydrogen-bond donors (Lipinski definition) is 1. The molecule has 0 aliphatic carbocycles. The predicted molar refractivity (Wildman–Crippen MR) is 76.8 cm³/mol. The van der Waals surface area contributed by atoms with Gasteiger partial charge in [-0.1, -0.05) is 11.6 Å². The van der Waals surface area contributed by atoms with E-state index in [1.54, 1.807) is 42.7 Å². The van der Waals surface area contributed by atoms with Gasteiger partial charge in [0, 0.05) is 34.8 Å². The summed E-state index contributed by atoms with van der Waals surface area (Å²) in [5.41, 5.74) is 1.38. The number of hydrogen-bond acceptors (Lipinski definition) is 3. The third-order valence-corrected chi connectivity index (χ3v) is 3.16. The molecule has 6 heteroatoms. The quantitative estimate of drug-likeness (QED) is 0.882. The first-order chi connectivity index (χ1) is 9.08. The van der Waals surface area contributed by atoms with Crippen LogP contribution in [0.3, 0.4) is 0 Å². The summed E-state index contributed by atoms with van der Waals surface area (Å²) >= 11 is 5.92. The minimum Gasteiger partial charge on any atom is -0.305 e. The van der Waals surface area contributed by atoms with Crippen LogP contribution in [0.4, 0.5) is 5.69 Å². The average Bonchev–Trinajstić information content (AvgIpc) is 2.40. The Morgan fingerprint density at radius 1 is 1.26 bits per heavy atom. The van der Waals surface area contributed by atoms with Crippen LogP contribution in [0.25, 0.3) is 0 Å². The Kier molecular flexibility index (Phi) is 4.29. The van der Waals surface area contributed by atoms with E-state index in [1.165, 1.54) is 6.26 Å². The van der Waals surface area contributed by atoms with Gasteiger partial charge in [-0.15, -0.1) is 0 Å². The Hall–Kier alpha value is -1.72. The summed E-state index contributed by atoms with van der Waals surface area (Å²) < 4.78 is 14.0. The molecule has 2 aromatic rings. The molecule has 0 radical (unpaired) electrons. The van der Waals surface area contributed by atoms with Gasteiger partial charge in [-0.2, -0.15) is 0 Å². The fraction of sp³-hybridized carbons (Fsp3) is 0.0769. The Balaban J connectivity index is 2.45. The molecule has 0 saturated heterocycles. The standard InChI is InChI=1S/C13H11ClN2O2S/c1-19(18)16-12-3-2-10(14)8-11(12)13(17)9-4-6-15-7-5-9/h2-8,16H,1H3. The van der Waals surface area contributed by atoms with E-state index in [-0.39, 0.29) is 5.78 Å². The minimum absolute atomic E-state index is 0.196. The Labute approximate surface area is 118 Å². The van der Waals surface area contributed by atoms with Gasteiger partial charge in [-0.3, -0.25) is 9.78 Å². The van der Waals surface area contributed by atoms with Crippen molar-refractivity contribution in [2.24, 2.45) is 0 Å². The first-order valence-corrected chi connectivity index (χ1v) is 7.36. The second-order valence-electron chi connectivity index (χ2n) is 3.81. The Morgan fingerprint density at radius 2 is 1.95 bits per heavy atom. The molecule has 0 amide bonds. The molecule has 0 spiro atoms. The lowest BCUT2D eigenvalue weighted by Gasteiger charge is -2.09. The summed E-state index contributed by atoms with van der Waals surface area (Å²) in [7, 11) is -1.26. The number of nitrogens with one attached hydrogen (secondary N) is 1. The van der Waals surface area contributed by atoms with Gasteiger partial charge < -0.3 is 4.72 Å². The maximum Gasteiger partial charge on any atom is 0.195 e. The number of carbonyl (C=O) groups excluding carboxylic acids is 1. The number of anilines is 1. The normalized spacial score (nSPS) is 11.9. The van der Waals surface area contributed by atoms with Crippen LogP contribution in [0.15, 0.2) is 42.7 Å². The molecule has 0 bridgehead atoms. The molecule has 4 nitrogen and oxygen atoms in total. The van der Waals surface area contributed by atoms with E-state index in [1.807, 2.05) is 0 Å². The third-order valence-electron chi connectivity index (χ3n) is 2.42. The van der Waals surface area contributed by atoms with Gasteiger partial charge in [0.25, 0.3) is 0 Å². The van der Waals surface area contributed by atoms with Gasteiger partial charge in [0.2, 0.25) is 0 Å². The average molecular weight is 295 g/mol. The molecule has 0 aliphatic heterocycles. The van der Waals surface area contributed by atoms with Crippen molar-refractivity contribution in [2.45, 2.75) is 0 Å². The summed E-state index contributed by atoms with van der Waals surface area (Å²) in [6.45, 7) is 0. The van der Waals surface area contributed by atoms with Gasteiger partial charge in [0.15, 0.2) is 5.78 Å². The summed E-state index contributed by atoms with van der Waals surface area (Å²) in [5, 5.41) is 0.449. The Bertz CT molecular complexity index is 632. The van der Waals surface area contributed by atoms with Gasteiger partial charge in [0.1, 0.15) is 11.0 Å². The third kappa shape index (κ3) is 3.39. The molecule has 0 saturated carbocycles. The SMILES string of the molecule is CS(=O)Nc1ccc(Cl)cc1C(=O)c1ccncc1. The summed E-state index contributed by atoms with van der Waals surface area (Å²) in [5.74, 6) is -0.196. The lowest BCUT2D eigenvalue weighted by Crippen LogP contribution is -2.09. The molecule has 1 aromatic carbocycles. The van der Waals surface area contributed by atoms with E-state index in [0.717, 1.165) is 0 Å². The van der Waals surface area contributed by atoms with Crippen molar-refractivity contribution in [3.63, 3.8) is 0 Å². The topological polar surface area (TPSA) is 59.1 Å². The molecule has 1 heterocycles. The van der Waals surface area contributed by atoms with Crippen LogP contribution in [-0.2, 0) is 11.0 Å². The summed E-state index contributed by atoms with van der Waals surface area (Å²) in [6, 6.07) is 8.07. The van der Waals surface area contributed by atoms with Crippen LogP contribution in [0.5, 0.6) is 0 Å². The maximum absolute atomic E-state index is 12.4. The molecule has 19 heavy (non-hydrogen) atoms. The highest BCUT2D eigenvalue weighted by Crippen LogP contribution is 2.23. The molecule has 1 aromatic heterocycles. The van der Waals surface area contributed by atoms with Crippen LogP contribution in [0, 0.1) is 0 Å². The van der Waals surface area contributed by atoms with Crippen molar-refractivity contribution < 1.29 is 9.00 Å². The molecule has 1 atom stereocenters. The molecular formula is C13H11ClN2O2S. The van der Waals surface area contributed by atoms with Crippen molar-refractivity contribution >= 4 is 34.1 Å². The highest BCUT2D eigenvalue weighted by Gasteiger charge is 2.14. The maximum atomic E-state index is 12.4. The van der Waals surface area contributed by atoms with Gasteiger partial charge in [-0.05, 0) is 30.3 Å². The lowest BCUT2D eigenvalue weighted by molar-refractivity contribution is 0.103. The molecule has 0 aliphatic rings.